The summed E-state index contributed by atoms with van der Waals surface area (Å²) in [5.41, 5.74) is 5.60. The van der Waals surface area contributed by atoms with E-state index < -0.39 is 17.2 Å². The highest BCUT2D eigenvalue weighted by Gasteiger charge is 2.35. The molecule has 2 atom stereocenters. The third-order valence-electron chi connectivity index (χ3n) is 4.56. The van der Waals surface area contributed by atoms with E-state index in [0.717, 1.165) is 19.3 Å². The molecule has 0 saturated heterocycles. The van der Waals surface area contributed by atoms with Crippen LogP contribution in [-0.2, 0) is 5.54 Å². The van der Waals surface area contributed by atoms with Crippen LogP contribution in [0.1, 0.15) is 51.5 Å². The van der Waals surface area contributed by atoms with Crippen LogP contribution in [0.25, 0.3) is 0 Å². The van der Waals surface area contributed by atoms with Gasteiger partial charge in [-0.05, 0) is 43.2 Å². The molecular formula is C16H23F2N. The first-order valence-corrected chi connectivity index (χ1v) is 7.17. The minimum atomic E-state index is -0.848. The summed E-state index contributed by atoms with van der Waals surface area (Å²) in [6.07, 6.45) is 4.31. The van der Waals surface area contributed by atoms with Crippen molar-refractivity contribution in [1.82, 2.24) is 0 Å². The molecule has 0 amide bonds. The Balaban J connectivity index is 2.28. The van der Waals surface area contributed by atoms with Gasteiger partial charge in [0.05, 0.1) is 0 Å². The zero-order valence-electron chi connectivity index (χ0n) is 11.8. The van der Waals surface area contributed by atoms with E-state index in [2.05, 4.69) is 13.8 Å². The lowest BCUT2D eigenvalue weighted by Crippen LogP contribution is -2.38. The molecule has 0 spiro atoms. The quantitative estimate of drug-likeness (QED) is 0.792. The summed E-state index contributed by atoms with van der Waals surface area (Å²) in [7, 11) is 0. The Morgan fingerprint density at radius 2 is 1.79 bits per heavy atom. The first-order chi connectivity index (χ1) is 8.94. The van der Waals surface area contributed by atoms with Crippen molar-refractivity contribution in [3.05, 3.63) is 35.4 Å². The maximum absolute atomic E-state index is 13.9. The maximum atomic E-state index is 13.9. The standard InChI is InChI=1S/C16H23F2N/c1-11(2)12-5-4-9-16(19,10-8-12)15-13(17)6-3-7-14(15)18/h3,6-7,11-12H,4-5,8-10,19H2,1-2H3. The molecular weight excluding hydrogens is 244 g/mol. The second kappa shape index (κ2) is 5.58. The molecule has 0 aromatic heterocycles. The van der Waals surface area contributed by atoms with E-state index in [1.165, 1.54) is 18.2 Å². The molecule has 1 nitrogen and oxygen atoms in total. The minimum Gasteiger partial charge on any atom is -0.321 e. The van der Waals surface area contributed by atoms with E-state index in [-0.39, 0.29) is 5.56 Å². The lowest BCUT2D eigenvalue weighted by molar-refractivity contribution is 0.315. The molecule has 3 heteroatoms. The fraction of sp³-hybridized carbons (Fsp3) is 0.625. The van der Waals surface area contributed by atoms with E-state index in [0.29, 0.717) is 24.7 Å². The topological polar surface area (TPSA) is 26.0 Å². The van der Waals surface area contributed by atoms with Crippen LogP contribution in [0.15, 0.2) is 18.2 Å². The zero-order valence-corrected chi connectivity index (χ0v) is 11.8. The molecule has 1 aromatic carbocycles. The van der Waals surface area contributed by atoms with Gasteiger partial charge in [-0.1, -0.05) is 32.8 Å². The Labute approximate surface area is 114 Å². The van der Waals surface area contributed by atoms with Crippen molar-refractivity contribution in [2.45, 2.75) is 51.5 Å². The smallest absolute Gasteiger partial charge is 0.131 e. The third kappa shape index (κ3) is 2.97. The van der Waals surface area contributed by atoms with Crippen molar-refractivity contribution >= 4 is 0 Å². The summed E-state index contributed by atoms with van der Waals surface area (Å²) in [4.78, 5) is 0. The fourth-order valence-electron chi connectivity index (χ4n) is 3.28. The normalized spacial score (nSPS) is 28.4. The van der Waals surface area contributed by atoms with E-state index in [4.69, 9.17) is 5.73 Å². The van der Waals surface area contributed by atoms with Gasteiger partial charge in [0.1, 0.15) is 11.6 Å². The van der Waals surface area contributed by atoms with Gasteiger partial charge in [-0.25, -0.2) is 8.78 Å². The van der Waals surface area contributed by atoms with Crippen LogP contribution in [-0.4, -0.2) is 0 Å². The summed E-state index contributed by atoms with van der Waals surface area (Å²) in [6.45, 7) is 4.41. The van der Waals surface area contributed by atoms with E-state index in [1.54, 1.807) is 0 Å². The van der Waals surface area contributed by atoms with Gasteiger partial charge in [0, 0.05) is 11.1 Å². The molecule has 2 unspecified atom stereocenters. The predicted molar refractivity (Wildman–Crippen MR) is 73.6 cm³/mol. The molecule has 0 radical (unpaired) electrons. The highest BCUT2D eigenvalue weighted by molar-refractivity contribution is 5.28. The number of hydrogen-bond donors (Lipinski definition) is 1. The van der Waals surface area contributed by atoms with Crippen LogP contribution >= 0.6 is 0 Å². The van der Waals surface area contributed by atoms with Crippen molar-refractivity contribution in [3.63, 3.8) is 0 Å². The molecule has 1 aromatic rings. The zero-order chi connectivity index (χ0) is 14.0. The number of benzene rings is 1. The minimum absolute atomic E-state index is 0.0828. The first kappa shape index (κ1) is 14.4. The van der Waals surface area contributed by atoms with E-state index >= 15 is 0 Å². The summed E-state index contributed by atoms with van der Waals surface area (Å²) in [5.74, 6) is 0.198. The molecule has 1 aliphatic carbocycles. The average molecular weight is 267 g/mol. The van der Waals surface area contributed by atoms with Gasteiger partial charge in [0.2, 0.25) is 0 Å². The van der Waals surface area contributed by atoms with Crippen molar-refractivity contribution in [2.24, 2.45) is 17.6 Å². The largest absolute Gasteiger partial charge is 0.321 e. The Morgan fingerprint density at radius 3 is 2.37 bits per heavy atom. The van der Waals surface area contributed by atoms with Crippen molar-refractivity contribution in [3.8, 4) is 0 Å². The summed E-state index contributed by atoms with van der Waals surface area (Å²) >= 11 is 0. The van der Waals surface area contributed by atoms with E-state index in [9.17, 15) is 8.78 Å². The highest BCUT2D eigenvalue weighted by atomic mass is 19.1. The molecule has 0 aliphatic heterocycles. The Hall–Kier alpha value is -0.960. The number of rotatable bonds is 2. The van der Waals surface area contributed by atoms with Crippen LogP contribution in [0.2, 0.25) is 0 Å². The first-order valence-electron chi connectivity index (χ1n) is 7.17. The van der Waals surface area contributed by atoms with Gasteiger partial charge < -0.3 is 5.73 Å². The molecule has 0 bridgehead atoms. The second-order valence-electron chi connectivity index (χ2n) is 6.19. The van der Waals surface area contributed by atoms with Crippen molar-refractivity contribution in [2.75, 3.05) is 0 Å². The molecule has 0 heterocycles. The Kier molecular flexibility index (Phi) is 4.24. The summed E-state index contributed by atoms with van der Waals surface area (Å²) in [5, 5.41) is 0. The number of nitrogens with two attached hydrogens (primary N) is 1. The summed E-state index contributed by atoms with van der Waals surface area (Å²) < 4.78 is 27.9. The number of halogens is 2. The van der Waals surface area contributed by atoms with Gasteiger partial charge in [0.25, 0.3) is 0 Å². The summed E-state index contributed by atoms with van der Waals surface area (Å²) in [6, 6.07) is 4.00. The SMILES string of the molecule is CC(C)C1CCCC(N)(c2c(F)cccc2F)CC1. The van der Waals surface area contributed by atoms with Crippen molar-refractivity contribution in [1.29, 1.82) is 0 Å². The lowest BCUT2D eigenvalue weighted by atomic mass is 9.82. The van der Waals surface area contributed by atoms with Gasteiger partial charge in [0.15, 0.2) is 0 Å². The third-order valence-corrected chi connectivity index (χ3v) is 4.56. The van der Waals surface area contributed by atoms with Crippen LogP contribution in [0, 0.1) is 23.5 Å². The lowest BCUT2D eigenvalue weighted by Gasteiger charge is -2.29. The molecule has 106 valence electrons. The Morgan fingerprint density at radius 1 is 1.16 bits per heavy atom. The van der Waals surface area contributed by atoms with Gasteiger partial charge >= 0.3 is 0 Å². The van der Waals surface area contributed by atoms with Gasteiger partial charge in [-0.2, -0.15) is 0 Å². The van der Waals surface area contributed by atoms with Crippen LogP contribution in [0.5, 0.6) is 0 Å². The van der Waals surface area contributed by atoms with Crippen LogP contribution < -0.4 is 5.73 Å². The van der Waals surface area contributed by atoms with Crippen LogP contribution in [0.4, 0.5) is 8.78 Å². The van der Waals surface area contributed by atoms with Gasteiger partial charge in [-0.15, -0.1) is 0 Å². The number of hydrogen-bond acceptors (Lipinski definition) is 1. The maximum Gasteiger partial charge on any atom is 0.131 e. The Bertz CT molecular complexity index is 424. The predicted octanol–water partition coefficient (Wildman–Crippen LogP) is 4.36. The average Bonchev–Trinajstić information content (AvgIpc) is 2.51. The fourth-order valence-corrected chi connectivity index (χ4v) is 3.28. The van der Waals surface area contributed by atoms with Crippen LogP contribution in [0.3, 0.4) is 0 Å². The van der Waals surface area contributed by atoms with Gasteiger partial charge in [-0.3, -0.25) is 0 Å². The second-order valence-corrected chi connectivity index (χ2v) is 6.19. The monoisotopic (exact) mass is 267 g/mol. The molecule has 1 aliphatic rings. The molecule has 2 rings (SSSR count). The molecule has 1 fully saturated rings. The van der Waals surface area contributed by atoms with Crippen molar-refractivity contribution < 1.29 is 8.78 Å². The molecule has 19 heavy (non-hydrogen) atoms. The molecule has 1 saturated carbocycles. The van der Waals surface area contributed by atoms with E-state index in [1.807, 2.05) is 0 Å². The molecule has 2 N–H and O–H groups in total. The highest BCUT2D eigenvalue weighted by Crippen LogP contribution is 2.39.